The van der Waals surface area contributed by atoms with Crippen LogP contribution in [-0.2, 0) is 6.42 Å². The monoisotopic (exact) mass is 176 g/mol. The van der Waals surface area contributed by atoms with Crippen molar-refractivity contribution in [2.45, 2.75) is 25.4 Å². The van der Waals surface area contributed by atoms with E-state index in [1.165, 1.54) is 0 Å². The molecular weight excluding hydrogens is 164 g/mol. The topological polar surface area (TPSA) is 37.3 Å². The van der Waals surface area contributed by atoms with Gasteiger partial charge in [-0.2, -0.15) is 0 Å². The molecule has 0 aliphatic heterocycles. The first-order chi connectivity index (χ1) is 6.08. The van der Waals surface area contributed by atoms with Crippen LogP contribution in [0, 0.1) is 0 Å². The summed E-state index contributed by atoms with van der Waals surface area (Å²) >= 11 is 0. The molecule has 1 N–H and O–H groups in total. The van der Waals surface area contributed by atoms with Crippen molar-refractivity contribution in [3.8, 4) is 0 Å². The summed E-state index contributed by atoms with van der Waals surface area (Å²) in [6.07, 6.45) is 0.818. The maximum absolute atomic E-state index is 11.5. The molecule has 2 rings (SSSR count). The smallest absolute Gasteiger partial charge is 0.166 e. The molecule has 1 atom stereocenters. The molecule has 1 aliphatic rings. The van der Waals surface area contributed by atoms with E-state index in [2.05, 4.69) is 0 Å². The van der Waals surface area contributed by atoms with E-state index in [0.29, 0.717) is 6.42 Å². The molecule has 0 heterocycles. The normalized spacial score (nSPS) is 27.1. The number of rotatable bonds is 0. The molecule has 13 heavy (non-hydrogen) atoms. The molecule has 1 aromatic rings. The van der Waals surface area contributed by atoms with E-state index in [4.69, 9.17) is 0 Å². The average molecular weight is 176 g/mol. The Morgan fingerprint density at radius 3 is 2.77 bits per heavy atom. The zero-order chi connectivity index (χ0) is 9.47. The lowest BCUT2D eigenvalue weighted by Crippen LogP contribution is -2.35. The third kappa shape index (κ3) is 1.49. The molecule has 0 saturated carbocycles. The zero-order valence-electron chi connectivity index (χ0n) is 7.58. The Balaban J connectivity index is 2.49. The lowest BCUT2D eigenvalue weighted by Gasteiger charge is -2.28. The largest absolute Gasteiger partial charge is 0.389 e. The first kappa shape index (κ1) is 8.45. The summed E-state index contributed by atoms with van der Waals surface area (Å²) in [6.45, 7) is 1.71. The number of hydrogen-bond donors (Lipinski definition) is 1. The second kappa shape index (κ2) is 2.67. The molecule has 0 radical (unpaired) electrons. The Morgan fingerprint density at radius 2 is 2.00 bits per heavy atom. The molecule has 1 unspecified atom stereocenters. The molecule has 0 spiro atoms. The lowest BCUT2D eigenvalue weighted by atomic mass is 9.81. The Kier molecular flexibility index (Phi) is 1.74. The van der Waals surface area contributed by atoms with Gasteiger partial charge in [-0.1, -0.05) is 24.3 Å². The molecule has 1 aliphatic carbocycles. The minimum atomic E-state index is -0.856. The van der Waals surface area contributed by atoms with Gasteiger partial charge in [0.2, 0.25) is 0 Å². The molecule has 0 fully saturated rings. The van der Waals surface area contributed by atoms with Gasteiger partial charge in [-0.15, -0.1) is 0 Å². The fourth-order valence-corrected chi connectivity index (χ4v) is 1.86. The van der Waals surface area contributed by atoms with Gasteiger partial charge in [0.1, 0.15) is 0 Å². The highest BCUT2D eigenvalue weighted by Crippen LogP contribution is 2.27. The molecule has 2 nitrogen and oxygen atoms in total. The Bertz CT molecular complexity index is 353. The van der Waals surface area contributed by atoms with Crippen molar-refractivity contribution in [3.63, 3.8) is 0 Å². The van der Waals surface area contributed by atoms with E-state index in [1.807, 2.05) is 24.3 Å². The van der Waals surface area contributed by atoms with Gasteiger partial charge in [0.05, 0.1) is 5.60 Å². The number of ketones is 1. The van der Waals surface area contributed by atoms with Gasteiger partial charge in [0.15, 0.2) is 5.78 Å². The minimum absolute atomic E-state index is 0.0480. The molecule has 0 aromatic heterocycles. The summed E-state index contributed by atoms with van der Waals surface area (Å²) in [6, 6.07) is 7.48. The lowest BCUT2D eigenvalue weighted by molar-refractivity contribution is 0.0411. The van der Waals surface area contributed by atoms with E-state index in [0.717, 1.165) is 11.1 Å². The van der Waals surface area contributed by atoms with E-state index in [9.17, 15) is 9.90 Å². The van der Waals surface area contributed by atoms with Crippen molar-refractivity contribution in [1.29, 1.82) is 0 Å². The van der Waals surface area contributed by atoms with Gasteiger partial charge in [0.25, 0.3) is 0 Å². The quantitative estimate of drug-likeness (QED) is 0.651. The van der Waals surface area contributed by atoms with Crippen LogP contribution in [0.5, 0.6) is 0 Å². The summed E-state index contributed by atoms with van der Waals surface area (Å²) in [5.41, 5.74) is 0.878. The van der Waals surface area contributed by atoms with Crippen molar-refractivity contribution in [1.82, 2.24) is 0 Å². The highest BCUT2D eigenvalue weighted by atomic mass is 16.3. The maximum Gasteiger partial charge on any atom is 0.166 e. The predicted octanol–water partition coefficient (Wildman–Crippen LogP) is 1.57. The Labute approximate surface area is 77.2 Å². The molecule has 1 aromatic carbocycles. The second-order valence-corrected chi connectivity index (χ2v) is 3.93. The van der Waals surface area contributed by atoms with Crippen LogP contribution in [0.3, 0.4) is 0 Å². The predicted molar refractivity (Wildman–Crippen MR) is 49.7 cm³/mol. The van der Waals surface area contributed by atoms with Crippen LogP contribution >= 0.6 is 0 Å². The third-order valence-electron chi connectivity index (χ3n) is 2.43. The molecule has 2 heteroatoms. The highest BCUT2D eigenvalue weighted by Gasteiger charge is 2.31. The standard InChI is InChI=1S/C11H12O2/c1-11(13)6-8-4-2-3-5-9(8)10(12)7-11/h2-5,13H,6-7H2,1H3. The van der Waals surface area contributed by atoms with Gasteiger partial charge in [-0.05, 0) is 12.5 Å². The fourth-order valence-electron chi connectivity index (χ4n) is 1.86. The van der Waals surface area contributed by atoms with Crippen LogP contribution in [0.1, 0.15) is 29.3 Å². The molecule has 0 amide bonds. The summed E-state index contributed by atoms with van der Waals surface area (Å²) in [5, 5.41) is 9.77. The van der Waals surface area contributed by atoms with Crippen molar-refractivity contribution < 1.29 is 9.90 Å². The number of carbonyl (C=O) groups excluding carboxylic acids is 1. The number of Topliss-reactive ketones (excluding diaryl/α,β-unsaturated/α-hetero) is 1. The van der Waals surface area contributed by atoms with Crippen molar-refractivity contribution in [2.75, 3.05) is 0 Å². The second-order valence-electron chi connectivity index (χ2n) is 3.93. The van der Waals surface area contributed by atoms with Gasteiger partial charge >= 0.3 is 0 Å². The van der Waals surface area contributed by atoms with Gasteiger partial charge in [-0.3, -0.25) is 4.79 Å². The van der Waals surface area contributed by atoms with Crippen LogP contribution in [0.2, 0.25) is 0 Å². The number of hydrogen-bond acceptors (Lipinski definition) is 2. The van der Waals surface area contributed by atoms with Gasteiger partial charge in [-0.25, -0.2) is 0 Å². The highest BCUT2D eigenvalue weighted by molar-refractivity contribution is 5.99. The van der Waals surface area contributed by atoms with E-state index in [1.54, 1.807) is 6.92 Å². The van der Waals surface area contributed by atoms with Crippen LogP contribution < -0.4 is 0 Å². The Hall–Kier alpha value is -1.15. The average Bonchev–Trinajstić information content (AvgIpc) is 2.02. The molecule has 0 saturated heterocycles. The minimum Gasteiger partial charge on any atom is -0.389 e. The van der Waals surface area contributed by atoms with Crippen molar-refractivity contribution in [3.05, 3.63) is 35.4 Å². The van der Waals surface area contributed by atoms with Gasteiger partial charge in [0, 0.05) is 18.4 Å². The fraction of sp³-hybridized carbons (Fsp3) is 0.364. The molecule has 0 bridgehead atoms. The van der Waals surface area contributed by atoms with E-state index >= 15 is 0 Å². The Morgan fingerprint density at radius 1 is 1.31 bits per heavy atom. The number of aliphatic hydroxyl groups is 1. The zero-order valence-corrected chi connectivity index (χ0v) is 7.58. The SMILES string of the molecule is CC1(O)CC(=O)c2ccccc2C1. The third-order valence-corrected chi connectivity index (χ3v) is 2.43. The summed E-state index contributed by atoms with van der Waals surface area (Å²) in [4.78, 5) is 11.5. The van der Waals surface area contributed by atoms with E-state index in [-0.39, 0.29) is 12.2 Å². The number of carbonyl (C=O) groups is 1. The van der Waals surface area contributed by atoms with Crippen LogP contribution in [0.15, 0.2) is 24.3 Å². The van der Waals surface area contributed by atoms with Crippen LogP contribution in [-0.4, -0.2) is 16.5 Å². The maximum atomic E-state index is 11.5. The molecule has 68 valence electrons. The summed E-state index contributed by atoms with van der Waals surface area (Å²) < 4.78 is 0. The van der Waals surface area contributed by atoms with Crippen molar-refractivity contribution in [2.24, 2.45) is 0 Å². The number of fused-ring (bicyclic) bond motifs is 1. The summed E-state index contributed by atoms with van der Waals surface area (Å²) in [7, 11) is 0. The summed E-state index contributed by atoms with van der Waals surface area (Å²) in [5.74, 6) is 0.0480. The first-order valence-corrected chi connectivity index (χ1v) is 4.42. The first-order valence-electron chi connectivity index (χ1n) is 4.42. The van der Waals surface area contributed by atoms with E-state index < -0.39 is 5.60 Å². The van der Waals surface area contributed by atoms with Crippen molar-refractivity contribution >= 4 is 5.78 Å². The molecular formula is C11H12O2. The van der Waals surface area contributed by atoms with Gasteiger partial charge < -0.3 is 5.11 Å². The number of benzene rings is 1. The van der Waals surface area contributed by atoms with Crippen LogP contribution in [0.4, 0.5) is 0 Å². The van der Waals surface area contributed by atoms with Crippen LogP contribution in [0.25, 0.3) is 0 Å².